The van der Waals surface area contributed by atoms with E-state index in [0.717, 1.165) is 79.4 Å². The third-order valence-corrected chi connectivity index (χ3v) is 11.5. The Hall–Kier alpha value is -6.00. The molecule has 248 valence electrons. The normalized spacial score (nSPS) is 12.7. The van der Waals surface area contributed by atoms with E-state index in [1.807, 2.05) is 73.2 Å². The summed E-state index contributed by atoms with van der Waals surface area (Å²) in [6.07, 6.45) is 5.54. The number of aliphatic imine (C=N–C) groups is 3. The predicted molar refractivity (Wildman–Crippen MR) is 221 cm³/mol. The van der Waals surface area contributed by atoms with Gasteiger partial charge in [-0.3, -0.25) is 15.0 Å². The summed E-state index contributed by atoms with van der Waals surface area (Å²) in [6.45, 7) is 0. The molecule has 0 aliphatic carbocycles. The van der Waals surface area contributed by atoms with E-state index >= 15 is 0 Å². The van der Waals surface area contributed by atoms with Gasteiger partial charge in [0.2, 0.25) is 0 Å². The summed E-state index contributed by atoms with van der Waals surface area (Å²) < 4.78 is 3.47. The number of aromatic nitrogens is 3. The number of nitrogens with zero attached hydrogens (tertiary/aromatic N) is 6. The van der Waals surface area contributed by atoms with Crippen LogP contribution in [0.25, 0.3) is 30.6 Å². The van der Waals surface area contributed by atoms with Crippen molar-refractivity contribution >= 4 is 100 Å². The molecule has 0 bridgehead atoms. The zero-order valence-corrected chi connectivity index (χ0v) is 30.0. The van der Waals surface area contributed by atoms with Crippen LogP contribution in [-0.2, 0) is 0 Å². The number of hydrogen-bond acceptors (Lipinski definition) is 9. The van der Waals surface area contributed by atoms with Crippen molar-refractivity contribution in [1.82, 2.24) is 15.0 Å². The monoisotopic (exact) mass is 724 g/mol. The number of benzene rings is 6. The van der Waals surface area contributed by atoms with Crippen LogP contribution in [0.15, 0.2) is 161 Å². The number of para-hydroxylation sites is 3. The number of hydrogen-bond donors (Lipinski definition) is 0. The summed E-state index contributed by atoms with van der Waals surface area (Å²) >= 11 is 4.92. The number of fused-ring (bicyclic) bond motifs is 3. The Labute approximate surface area is 311 Å². The summed E-state index contributed by atoms with van der Waals surface area (Å²) in [5.74, 6) is -0.00752. The molecular formula is C43H28N6S3. The van der Waals surface area contributed by atoms with E-state index in [0.29, 0.717) is 0 Å². The average molecular weight is 725 g/mol. The molecule has 0 radical (unpaired) electrons. The van der Waals surface area contributed by atoms with Gasteiger partial charge in [0.05, 0.1) is 66.4 Å². The standard InChI is InChI=1S/C43H28N6S3/c1-4-10-37-34(7-1)47-40(50-37)25-44-31-19-13-28(14-20-31)43(29-15-21-32(22-16-29)45-26-41-48-35-8-2-5-11-38(35)51-41)30-17-23-33(24-18-30)46-27-42-49-36-9-3-6-12-39(36)52-42/h1-27,43H. The van der Waals surface area contributed by atoms with Crippen molar-refractivity contribution in [1.29, 1.82) is 0 Å². The first kappa shape index (κ1) is 31.9. The zero-order valence-electron chi connectivity index (χ0n) is 27.6. The van der Waals surface area contributed by atoms with E-state index < -0.39 is 0 Å². The first-order valence-corrected chi connectivity index (χ1v) is 19.1. The van der Waals surface area contributed by atoms with Crippen molar-refractivity contribution in [2.45, 2.75) is 5.92 Å². The molecule has 9 rings (SSSR count). The molecule has 0 atom stereocenters. The Kier molecular flexibility index (Phi) is 8.80. The van der Waals surface area contributed by atoms with Crippen LogP contribution in [0.5, 0.6) is 0 Å². The SMILES string of the molecule is C(=Nc1ccc(C(c2ccc(N=Cc3nc4ccccc4s3)cc2)c2ccc(N=Cc3nc4ccccc4s3)cc2)cc1)c1nc2ccccc2s1. The van der Waals surface area contributed by atoms with E-state index in [-0.39, 0.29) is 5.92 Å². The summed E-state index contributed by atoms with van der Waals surface area (Å²) in [6, 6.07) is 49.8. The number of rotatable bonds is 9. The van der Waals surface area contributed by atoms with Crippen LogP contribution in [-0.4, -0.2) is 33.6 Å². The van der Waals surface area contributed by atoms with E-state index in [9.17, 15) is 0 Å². The Balaban J connectivity index is 0.989. The summed E-state index contributed by atoms with van der Waals surface area (Å²) in [5, 5.41) is 2.67. The Morgan fingerprint density at radius 1 is 0.365 bits per heavy atom. The van der Waals surface area contributed by atoms with Crippen molar-refractivity contribution in [3.63, 3.8) is 0 Å². The molecule has 0 aliphatic heterocycles. The highest BCUT2D eigenvalue weighted by Crippen LogP contribution is 2.35. The van der Waals surface area contributed by atoms with Gasteiger partial charge >= 0.3 is 0 Å². The maximum atomic E-state index is 4.74. The topological polar surface area (TPSA) is 75.8 Å². The van der Waals surface area contributed by atoms with E-state index in [1.165, 1.54) is 0 Å². The van der Waals surface area contributed by atoms with Gasteiger partial charge in [0, 0.05) is 5.92 Å². The molecule has 6 nitrogen and oxygen atoms in total. The number of thiazole rings is 3. The zero-order chi connectivity index (χ0) is 34.7. The van der Waals surface area contributed by atoms with Crippen LogP contribution in [0.2, 0.25) is 0 Å². The lowest BCUT2D eigenvalue weighted by molar-refractivity contribution is 0.977. The summed E-state index contributed by atoms with van der Waals surface area (Å²) in [5.41, 5.74) is 9.10. The maximum absolute atomic E-state index is 4.74. The van der Waals surface area contributed by atoms with Gasteiger partial charge in [-0.25, -0.2) is 15.0 Å². The third kappa shape index (κ3) is 6.97. The molecule has 0 amide bonds. The molecule has 9 aromatic rings. The Morgan fingerprint density at radius 2 is 0.654 bits per heavy atom. The largest absolute Gasteiger partial charge is 0.254 e. The van der Waals surface area contributed by atoms with Crippen LogP contribution in [0.4, 0.5) is 17.1 Å². The lowest BCUT2D eigenvalue weighted by atomic mass is 9.85. The van der Waals surface area contributed by atoms with Gasteiger partial charge in [-0.15, -0.1) is 34.0 Å². The van der Waals surface area contributed by atoms with Crippen molar-refractivity contribution in [2.75, 3.05) is 0 Å². The van der Waals surface area contributed by atoms with Crippen LogP contribution in [0.1, 0.15) is 37.6 Å². The molecule has 0 saturated carbocycles. The van der Waals surface area contributed by atoms with Gasteiger partial charge in [0.1, 0.15) is 15.0 Å². The summed E-state index contributed by atoms with van der Waals surface area (Å²) in [4.78, 5) is 28.3. The lowest BCUT2D eigenvalue weighted by Crippen LogP contribution is -2.03. The highest BCUT2D eigenvalue weighted by molar-refractivity contribution is 7.20. The van der Waals surface area contributed by atoms with Crippen molar-refractivity contribution < 1.29 is 0 Å². The van der Waals surface area contributed by atoms with E-state index in [4.69, 9.17) is 29.9 Å². The van der Waals surface area contributed by atoms with Gasteiger partial charge < -0.3 is 0 Å². The molecule has 0 fully saturated rings. The van der Waals surface area contributed by atoms with Crippen LogP contribution >= 0.6 is 34.0 Å². The van der Waals surface area contributed by atoms with Gasteiger partial charge in [-0.2, -0.15) is 0 Å². The Morgan fingerprint density at radius 3 is 0.942 bits per heavy atom. The first-order chi connectivity index (χ1) is 25.7. The molecule has 3 heterocycles. The lowest BCUT2D eigenvalue weighted by Gasteiger charge is -2.19. The van der Waals surface area contributed by atoms with Gasteiger partial charge in [-0.05, 0) is 89.5 Å². The van der Waals surface area contributed by atoms with E-state index in [2.05, 4.69) is 91.0 Å². The third-order valence-electron chi connectivity index (χ3n) is 8.58. The van der Waals surface area contributed by atoms with Crippen molar-refractivity contribution in [2.24, 2.45) is 15.0 Å². The minimum Gasteiger partial charge on any atom is -0.254 e. The van der Waals surface area contributed by atoms with Gasteiger partial charge in [-0.1, -0.05) is 72.8 Å². The predicted octanol–water partition coefficient (Wildman–Crippen LogP) is 11.9. The van der Waals surface area contributed by atoms with Gasteiger partial charge in [0.15, 0.2) is 0 Å². The van der Waals surface area contributed by atoms with Crippen LogP contribution in [0, 0.1) is 0 Å². The van der Waals surface area contributed by atoms with Crippen LogP contribution < -0.4 is 0 Å². The van der Waals surface area contributed by atoms with Crippen molar-refractivity contribution in [3.8, 4) is 0 Å². The van der Waals surface area contributed by atoms with Gasteiger partial charge in [0.25, 0.3) is 0 Å². The van der Waals surface area contributed by atoms with E-state index in [1.54, 1.807) is 34.0 Å². The summed E-state index contributed by atoms with van der Waals surface area (Å²) in [7, 11) is 0. The fourth-order valence-corrected chi connectivity index (χ4v) is 8.58. The average Bonchev–Trinajstić information content (AvgIpc) is 3.93. The minimum absolute atomic E-state index is 0.00752. The second kappa shape index (κ2) is 14.3. The first-order valence-electron chi connectivity index (χ1n) is 16.7. The molecule has 52 heavy (non-hydrogen) atoms. The van der Waals surface area contributed by atoms with Crippen LogP contribution in [0.3, 0.4) is 0 Å². The minimum atomic E-state index is -0.00752. The molecule has 9 heteroatoms. The molecule has 0 aliphatic rings. The second-order valence-corrected chi connectivity index (χ2v) is 15.2. The Bertz CT molecular complexity index is 2340. The highest BCUT2D eigenvalue weighted by Gasteiger charge is 2.17. The molecule has 0 spiro atoms. The smallest absolute Gasteiger partial charge is 0.135 e. The highest BCUT2D eigenvalue weighted by atomic mass is 32.1. The fourth-order valence-electron chi connectivity index (χ4n) is 6.06. The molecular weight excluding hydrogens is 697 g/mol. The van der Waals surface area contributed by atoms with Crippen molar-refractivity contribution in [3.05, 3.63) is 177 Å². The second-order valence-electron chi connectivity index (χ2n) is 12.0. The molecule has 0 N–H and O–H groups in total. The quantitative estimate of drug-likeness (QED) is 0.110. The molecule has 0 saturated heterocycles. The molecule has 0 unspecified atom stereocenters. The molecule has 3 aromatic heterocycles. The fraction of sp³-hybridized carbons (Fsp3) is 0.0233. The maximum Gasteiger partial charge on any atom is 0.135 e. The molecule has 6 aromatic carbocycles.